The van der Waals surface area contributed by atoms with Gasteiger partial charge in [-0.05, 0) is 101 Å². The molecule has 2 saturated carbocycles. The molecule has 0 N–H and O–H groups in total. The number of ether oxygens (including phenoxy) is 3. The first-order valence-corrected chi connectivity index (χ1v) is 16.5. The van der Waals surface area contributed by atoms with Gasteiger partial charge in [-0.15, -0.1) is 13.2 Å². The molecule has 3 fully saturated rings. The van der Waals surface area contributed by atoms with Crippen molar-refractivity contribution in [3.63, 3.8) is 0 Å². The van der Waals surface area contributed by atoms with Crippen LogP contribution in [0.3, 0.4) is 0 Å². The molecule has 2 aliphatic carbocycles. The zero-order valence-corrected chi connectivity index (χ0v) is 25.7. The van der Waals surface area contributed by atoms with Crippen molar-refractivity contribution in [2.45, 2.75) is 128 Å². The van der Waals surface area contributed by atoms with Crippen LogP contribution in [0.15, 0.2) is 24.3 Å². The number of allylic oxidation sites excluding steroid dienone is 2. The van der Waals surface area contributed by atoms with Crippen LogP contribution < -0.4 is 9.47 Å². The van der Waals surface area contributed by atoms with Crippen LogP contribution in [0.4, 0.5) is 30.7 Å². The number of unbranched alkanes of at least 4 members (excludes halogenated alkanes) is 2. The SMILES string of the molecule is CCCCCC1CCC(CCC2CCC(/C=C/C3CCC(C(F)(F)Oc4cc(F)c(OC(F)(F)F)c(F)c4)CC3)CC2)CO1. The first-order chi connectivity index (χ1) is 20.9. The van der Waals surface area contributed by atoms with Gasteiger partial charge < -0.3 is 14.2 Å². The Morgan fingerprint density at radius 1 is 0.727 bits per heavy atom. The van der Waals surface area contributed by atoms with Crippen LogP contribution >= 0.6 is 0 Å². The molecule has 0 radical (unpaired) electrons. The predicted octanol–water partition coefficient (Wildman–Crippen LogP) is 11.2. The summed E-state index contributed by atoms with van der Waals surface area (Å²) in [7, 11) is 0. The van der Waals surface area contributed by atoms with Gasteiger partial charge in [-0.25, -0.2) is 8.78 Å². The predicted molar refractivity (Wildman–Crippen MR) is 154 cm³/mol. The maximum Gasteiger partial charge on any atom is 0.573 e. The molecule has 3 aliphatic rings. The Balaban J connectivity index is 1.13. The molecule has 250 valence electrons. The van der Waals surface area contributed by atoms with E-state index in [-0.39, 0.29) is 30.9 Å². The number of benzene rings is 1. The number of halogens is 7. The average molecular weight is 637 g/mol. The monoisotopic (exact) mass is 636 g/mol. The summed E-state index contributed by atoms with van der Waals surface area (Å²) in [4.78, 5) is 0. The van der Waals surface area contributed by atoms with E-state index in [2.05, 4.69) is 28.5 Å². The minimum absolute atomic E-state index is 0.166. The van der Waals surface area contributed by atoms with Crippen molar-refractivity contribution in [2.24, 2.45) is 29.6 Å². The van der Waals surface area contributed by atoms with Crippen LogP contribution in [-0.4, -0.2) is 25.2 Å². The lowest BCUT2D eigenvalue weighted by atomic mass is 9.77. The van der Waals surface area contributed by atoms with E-state index in [1.807, 2.05) is 0 Å². The van der Waals surface area contributed by atoms with Crippen LogP contribution in [0.5, 0.6) is 11.5 Å². The summed E-state index contributed by atoms with van der Waals surface area (Å²) in [6.07, 6.45) is 12.1. The van der Waals surface area contributed by atoms with E-state index in [9.17, 15) is 30.7 Å². The second-order valence-electron chi connectivity index (χ2n) is 13.2. The lowest BCUT2D eigenvalue weighted by molar-refractivity contribution is -0.276. The minimum atomic E-state index is -5.33. The van der Waals surface area contributed by atoms with Crippen LogP contribution in [0.2, 0.25) is 0 Å². The summed E-state index contributed by atoms with van der Waals surface area (Å²) >= 11 is 0. The number of rotatable bonds is 13. The second-order valence-corrected chi connectivity index (χ2v) is 13.2. The van der Waals surface area contributed by atoms with E-state index in [0.717, 1.165) is 25.4 Å². The number of hydrogen-bond donors (Lipinski definition) is 0. The van der Waals surface area contributed by atoms with Crippen molar-refractivity contribution in [3.05, 3.63) is 35.9 Å². The molecule has 1 heterocycles. The first-order valence-electron chi connectivity index (χ1n) is 16.5. The fourth-order valence-corrected chi connectivity index (χ4v) is 7.09. The van der Waals surface area contributed by atoms with Gasteiger partial charge >= 0.3 is 12.5 Å². The summed E-state index contributed by atoms with van der Waals surface area (Å²) < 4.78 is 109. The number of alkyl halides is 5. The zero-order chi connectivity index (χ0) is 31.7. The van der Waals surface area contributed by atoms with E-state index in [1.165, 1.54) is 64.2 Å². The summed E-state index contributed by atoms with van der Waals surface area (Å²) in [6, 6.07) is 0.548. The Morgan fingerprint density at radius 2 is 1.30 bits per heavy atom. The van der Waals surface area contributed by atoms with Crippen molar-refractivity contribution in [2.75, 3.05) is 6.61 Å². The van der Waals surface area contributed by atoms with Gasteiger partial charge in [-0.1, -0.05) is 44.8 Å². The zero-order valence-electron chi connectivity index (χ0n) is 25.7. The van der Waals surface area contributed by atoms with E-state index in [1.54, 1.807) is 0 Å². The average Bonchev–Trinajstić information content (AvgIpc) is 2.98. The molecule has 1 aromatic rings. The second kappa shape index (κ2) is 16.0. The Labute approximate surface area is 256 Å². The highest BCUT2D eigenvalue weighted by atomic mass is 19.4. The van der Waals surface area contributed by atoms with E-state index >= 15 is 0 Å². The molecule has 10 heteroatoms. The van der Waals surface area contributed by atoms with Gasteiger partial charge in [0, 0.05) is 18.7 Å². The molecular weight excluding hydrogens is 589 g/mol. The third-order valence-electron chi connectivity index (χ3n) is 9.81. The molecule has 44 heavy (non-hydrogen) atoms. The highest BCUT2D eigenvalue weighted by Gasteiger charge is 2.44. The highest BCUT2D eigenvalue weighted by Crippen LogP contribution is 2.42. The van der Waals surface area contributed by atoms with Crippen LogP contribution in [0.1, 0.15) is 110 Å². The Bertz CT molecular complexity index is 1010. The maximum absolute atomic E-state index is 14.8. The molecule has 2 unspecified atom stereocenters. The molecule has 1 aromatic carbocycles. The standard InChI is InChI=1S/C34H47F7O3/c1-2-3-4-5-28-19-16-26(22-42-28)13-12-24-8-6-23(7-9-24)10-11-25-14-17-27(18-15-25)33(37,38)43-29-20-30(35)32(31(36)21-29)44-34(39,40)41/h10-11,20-21,23-28H,2-9,12-19,22H2,1H3/b11-10+. The summed E-state index contributed by atoms with van der Waals surface area (Å²) in [5.74, 6) is -5.15. The molecule has 0 amide bonds. The molecule has 0 bridgehead atoms. The van der Waals surface area contributed by atoms with Gasteiger partial charge in [0.15, 0.2) is 11.6 Å². The maximum atomic E-state index is 14.8. The van der Waals surface area contributed by atoms with Gasteiger partial charge in [-0.2, -0.15) is 8.78 Å². The molecule has 2 atom stereocenters. The van der Waals surface area contributed by atoms with Gasteiger partial charge in [0.05, 0.1) is 12.0 Å². The van der Waals surface area contributed by atoms with Crippen molar-refractivity contribution in [3.8, 4) is 11.5 Å². The van der Waals surface area contributed by atoms with E-state index in [0.29, 0.717) is 30.8 Å². The fourth-order valence-electron chi connectivity index (χ4n) is 7.09. The van der Waals surface area contributed by atoms with Crippen LogP contribution in [-0.2, 0) is 4.74 Å². The summed E-state index contributed by atoms with van der Waals surface area (Å²) in [5, 5.41) is 0. The molecule has 0 spiro atoms. The topological polar surface area (TPSA) is 27.7 Å². The largest absolute Gasteiger partial charge is 0.573 e. The quantitative estimate of drug-likeness (QED) is 0.122. The molecule has 0 aromatic heterocycles. The van der Waals surface area contributed by atoms with Gasteiger partial charge in [0.1, 0.15) is 5.75 Å². The number of hydrogen-bond acceptors (Lipinski definition) is 3. The minimum Gasteiger partial charge on any atom is -0.432 e. The van der Waals surface area contributed by atoms with Crippen molar-refractivity contribution >= 4 is 0 Å². The normalized spacial score (nSPS) is 28.7. The van der Waals surface area contributed by atoms with Crippen molar-refractivity contribution < 1.29 is 44.9 Å². The fraction of sp³-hybridized carbons (Fsp3) is 0.765. The molecular formula is C34H47F7O3. The van der Waals surface area contributed by atoms with Crippen molar-refractivity contribution in [1.29, 1.82) is 0 Å². The van der Waals surface area contributed by atoms with Crippen LogP contribution in [0.25, 0.3) is 0 Å². The Hall–Kier alpha value is -1.97. The van der Waals surface area contributed by atoms with Gasteiger partial charge in [0.25, 0.3) is 0 Å². The third kappa shape index (κ3) is 10.8. The van der Waals surface area contributed by atoms with E-state index < -0.39 is 41.5 Å². The summed E-state index contributed by atoms with van der Waals surface area (Å²) in [6.45, 7) is 3.15. The Morgan fingerprint density at radius 3 is 1.84 bits per heavy atom. The molecule has 1 saturated heterocycles. The van der Waals surface area contributed by atoms with Crippen molar-refractivity contribution in [1.82, 2.24) is 0 Å². The van der Waals surface area contributed by atoms with E-state index in [4.69, 9.17) is 4.74 Å². The third-order valence-corrected chi connectivity index (χ3v) is 9.81. The Kier molecular flexibility index (Phi) is 12.7. The summed E-state index contributed by atoms with van der Waals surface area (Å²) in [5.41, 5.74) is 0. The lowest BCUT2D eigenvalue weighted by Crippen LogP contribution is -2.37. The first kappa shape index (κ1) is 34.9. The van der Waals surface area contributed by atoms with Gasteiger partial charge in [-0.3, -0.25) is 0 Å². The molecule has 3 nitrogen and oxygen atoms in total. The molecule has 4 rings (SSSR count). The lowest BCUT2D eigenvalue weighted by Gasteiger charge is -2.33. The smallest absolute Gasteiger partial charge is 0.432 e. The van der Waals surface area contributed by atoms with Crippen LogP contribution in [0, 0.1) is 41.2 Å². The highest BCUT2D eigenvalue weighted by molar-refractivity contribution is 5.35. The van der Waals surface area contributed by atoms with Gasteiger partial charge in [0.2, 0.25) is 5.75 Å². The molecule has 1 aliphatic heterocycles.